The summed E-state index contributed by atoms with van der Waals surface area (Å²) in [5.74, 6) is 0.854. The maximum Gasteiger partial charge on any atom is 0.120 e. The number of hydrogen-bond acceptors (Lipinski definition) is 2. The Bertz CT molecular complexity index is 352. The molecule has 0 spiro atoms. The van der Waals surface area contributed by atoms with E-state index in [0.717, 1.165) is 37.0 Å². The van der Waals surface area contributed by atoms with Crippen LogP contribution in [0.1, 0.15) is 45.1 Å². The fraction of sp³-hybridized carbons (Fsp3) is 0.571. The van der Waals surface area contributed by atoms with Gasteiger partial charge in [0, 0.05) is 0 Å². The first-order valence-corrected chi connectivity index (χ1v) is 6.10. The minimum atomic E-state index is -0.615. The van der Waals surface area contributed by atoms with Crippen molar-refractivity contribution in [2.75, 3.05) is 0 Å². The van der Waals surface area contributed by atoms with Gasteiger partial charge in [0.15, 0.2) is 0 Å². The molecule has 1 aromatic rings. The lowest BCUT2D eigenvalue weighted by Gasteiger charge is -2.23. The van der Waals surface area contributed by atoms with E-state index in [1.54, 1.807) is 0 Å². The van der Waals surface area contributed by atoms with Gasteiger partial charge in [-0.3, -0.25) is 0 Å². The third-order valence-corrected chi connectivity index (χ3v) is 3.17. The molecular formula is C14H20O2. The van der Waals surface area contributed by atoms with Crippen molar-refractivity contribution in [3.63, 3.8) is 0 Å². The van der Waals surface area contributed by atoms with Crippen molar-refractivity contribution in [3.8, 4) is 5.75 Å². The molecule has 1 fully saturated rings. The number of ether oxygens (including phenoxy) is 1. The van der Waals surface area contributed by atoms with Crippen LogP contribution in [0.5, 0.6) is 5.75 Å². The summed E-state index contributed by atoms with van der Waals surface area (Å²) in [6.07, 6.45) is 4.15. The van der Waals surface area contributed by atoms with E-state index in [4.69, 9.17) is 4.74 Å². The average molecular weight is 220 g/mol. The van der Waals surface area contributed by atoms with E-state index in [1.165, 1.54) is 0 Å². The van der Waals surface area contributed by atoms with Gasteiger partial charge in [0.2, 0.25) is 0 Å². The topological polar surface area (TPSA) is 29.5 Å². The fourth-order valence-electron chi connectivity index (χ4n) is 2.38. The molecule has 2 heteroatoms. The summed E-state index contributed by atoms with van der Waals surface area (Å²) in [7, 11) is 0. The van der Waals surface area contributed by atoms with Crippen LogP contribution in [0, 0.1) is 0 Å². The summed E-state index contributed by atoms with van der Waals surface area (Å²) < 4.78 is 5.65. The van der Waals surface area contributed by atoms with Gasteiger partial charge in [-0.15, -0.1) is 0 Å². The van der Waals surface area contributed by atoms with E-state index in [-0.39, 0.29) is 6.10 Å². The largest absolute Gasteiger partial charge is 0.491 e. The zero-order valence-corrected chi connectivity index (χ0v) is 10.1. The smallest absolute Gasteiger partial charge is 0.120 e. The molecule has 0 saturated heterocycles. The first kappa shape index (κ1) is 11.5. The van der Waals surface area contributed by atoms with Gasteiger partial charge < -0.3 is 9.84 Å². The molecule has 88 valence electrons. The van der Waals surface area contributed by atoms with Crippen LogP contribution in [0.25, 0.3) is 0 Å². The number of benzene rings is 1. The van der Waals surface area contributed by atoms with Crippen molar-refractivity contribution < 1.29 is 9.84 Å². The van der Waals surface area contributed by atoms with Crippen LogP contribution in [0.15, 0.2) is 24.3 Å². The first-order valence-electron chi connectivity index (χ1n) is 6.10. The van der Waals surface area contributed by atoms with Crippen molar-refractivity contribution in [1.29, 1.82) is 0 Å². The standard InChI is InChI=1S/C14H20O2/c1-11(2)16-13-7-5-6-12(10-13)14(15)8-3-4-9-14/h5-7,10-11,15H,3-4,8-9H2,1-2H3. The normalized spacial score (nSPS) is 19.0. The van der Waals surface area contributed by atoms with Gasteiger partial charge >= 0.3 is 0 Å². The van der Waals surface area contributed by atoms with E-state index in [9.17, 15) is 5.11 Å². The molecule has 16 heavy (non-hydrogen) atoms. The second-order valence-electron chi connectivity index (χ2n) is 4.93. The van der Waals surface area contributed by atoms with Gasteiger partial charge in [-0.2, -0.15) is 0 Å². The fourth-order valence-corrected chi connectivity index (χ4v) is 2.38. The molecule has 0 atom stereocenters. The monoisotopic (exact) mass is 220 g/mol. The lowest BCUT2D eigenvalue weighted by atomic mass is 9.92. The van der Waals surface area contributed by atoms with Crippen LogP contribution < -0.4 is 4.74 Å². The van der Waals surface area contributed by atoms with Crippen LogP contribution in [0.4, 0.5) is 0 Å². The molecule has 2 rings (SSSR count). The van der Waals surface area contributed by atoms with Crippen LogP contribution >= 0.6 is 0 Å². The summed E-state index contributed by atoms with van der Waals surface area (Å²) in [6.45, 7) is 4.02. The lowest BCUT2D eigenvalue weighted by Crippen LogP contribution is -2.20. The molecule has 0 unspecified atom stereocenters. The Morgan fingerprint density at radius 1 is 1.25 bits per heavy atom. The van der Waals surface area contributed by atoms with Crippen LogP contribution in [0.3, 0.4) is 0 Å². The quantitative estimate of drug-likeness (QED) is 0.847. The molecule has 1 aliphatic carbocycles. The van der Waals surface area contributed by atoms with Crippen molar-refractivity contribution in [3.05, 3.63) is 29.8 Å². The van der Waals surface area contributed by atoms with Gasteiger partial charge in [-0.05, 0) is 44.4 Å². The van der Waals surface area contributed by atoms with Crippen LogP contribution in [0.2, 0.25) is 0 Å². The van der Waals surface area contributed by atoms with Crippen molar-refractivity contribution >= 4 is 0 Å². The zero-order valence-electron chi connectivity index (χ0n) is 10.1. The van der Waals surface area contributed by atoms with Crippen molar-refractivity contribution in [2.45, 2.75) is 51.2 Å². The SMILES string of the molecule is CC(C)Oc1cccc(C2(O)CCCC2)c1. The minimum Gasteiger partial charge on any atom is -0.491 e. The Labute approximate surface area is 97.3 Å². The second kappa shape index (κ2) is 4.46. The number of aliphatic hydroxyl groups is 1. The Kier molecular flexibility index (Phi) is 3.20. The van der Waals surface area contributed by atoms with Crippen molar-refractivity contribution in [1.82, 2.24) is 0 Å². The van der Waals surface area contributed by atoms with Crippen molar-refractivity contribution in [2.24, 2.45) is 0 Å². The van der Waals surface area contributed by atoms with Gasteiger partial charge in [0.1, 0.15) is 5.75 Å². The molecule has 0 heterocycles. The highest BCUT2D eigenvalue weighted by Gasteiger charge is 2.33. The third-order valence-electron chi connectivity index (χ3n) is 3.17. The molecule has 1 N–H and O–H groups in total. The van der Waals surface area contributed by atoms with E-state index in [1.807, 2.05) is 38.1 Å². The molecule has 1 aliphatic rings. The van der Waals surface area contributed by atoms with Gasteiger partial charge in [-0.1, -0.05) is 25.0 Å². The van der Waals surface area contributed by atoms with E-state index in [0.29, 0.717) is 0 Å². The molecular weight excluding hydrogens is 200 g/mol. The van der Waals surface area contributed by atoms with E-state index in [2.05, 4.69) is 0 Å². The number of hydrogen-bond donors (Lipinski definition) is 1. The molecule has 0 amide bonds. The molecule has 0 radical (unpaired) electrons. The third kappa shape index (κ3) is 2.38. The Hall–Kier alpha value is -1.02. The second-order valence-corrected chi connectivity index (χ2v) is 4.93. The predicted octanol–water partition coefficient (Wildman–Crippen LogP) is 3.24. The van der Waals surface area contributed by atoms with Crippen LogP contribution in [-0.2, 0) is 5.60 Å². The number of rotatable bonds is 3. The Morgan fingerprint density at radius 2 is 1.94 bits per heavy atom. The highest BCUT2D eigenvalue weighted by molar-refractivity contribution is 5.33. The molecule has 1 aromatic carbocycles. The average Bonchev–Trinajstić information content (AvgIpc) is 2.66. The summed E-state index contributed by atoms with van der Waals surface area (Å²) in [5, 5.41) is 10.5. The van der Waals surface area contributed by atoms with Gasteiger partial charge in [-0.25, -0.2) is 0 Å². The maximum atomic E-state index is 10.5. The summed E-state index contributed by atoms with van der Waals surface area (Å²) in [6, 6.07) is 7.88. The van der Waals surface area contributed by atoms with Crippen LogP contribution in [-0.4, -0.2) is 11.2 Å². The van der Waals surface area contributed by atoms with E-state index < -0.39 is 5.60 Å². The summed E-state index contributed by atoms with van der Waals surface area (Å²) in [4.78, 5) is 0. The zero-order chi connectivity index (χ0) is 11.6. The highest BCUT2D eigenvalue weighted by Crippen LogP contribution is 2.39. The predicted molar refractivity (Wildman–Crippen MR) is 64.6 cm³/mol. The maximum absolute atomic E-state index is 10.5. The molecule has 2 nitrogen and oxygen atoms in total. The molecule has 0 bridgehead atoms. The minimum absolute atomic E-state index is 0.175. The van der Waals surface area contributed by atoms with Gasteiger partial charge in [0.05, 0.1) is 11.7 Å². The Balaban J connectivity index is 2.21. The summed E-state index contributed by atoms with van der Waals surface area (Å²) in [5.41, 5.74) is 0.388. The molecule has 0 aliphatic heterocycles. The molecule has 0 aromatic heterocycles. The Morgan fingerprint density at radius 3 is 2.56 bits per heavy atom. The summed E-state index contributed by atoms with van der Waals surface area (Å²) >= 11 is 0. The van der Waals surface area contributed by atoms with E-state index >= 15 is 0 Å². The lowest BCUT2D eigenvalue weighted by molar-refractivity contribution is 0.0441. The van der Waals surface area contributed by atoms with Gasteiger partial charge in [0.25, 0.3) is 0 Å². The first-order chi connectivity index (χ1) is 7.60. The molecule has 1 saturated carbocycles. The highest BCUT2D eigenvalue weighted by atomic mass is 16.5.